The molecule has 1 aromatic carbocycles. The fraction of sp³-hybridized carbons (Fsp3) is 0.133. The molecule has 4 heteroatoms. The normalized spacial score (nSPS) is 10.2. The SMILES string of the molecule is C=Cc1ccc(CN(SC)c2cccnc2)cc1F. The lowest BCUT2D eigenvalue weighted by Gasteiger charge is -2.21. The van der Waals surface area contributed by atoms with Crippen molar-refractivity contribution in [3.63, 3.8) is 0 Å². The van der Waals surface area contributed by atoms with Gasteiger partial charge >= 0.3 is 0 Å². The van der Waals surface area contributed by atoms with E-state index in [1.807, 2.05) is 24.5 Å². The molecule has 0 saturated carbocycles. The zero-order chi connectivity index (χ0) is 13.7. The first-order valence-corrected chi connectivity index (χ1v) is 7.05. The van der Waals surface area contributed by atoms with E-state index < -0.39 is 0 Å². The first kappa shape index (κ1) is 13.6. The predicted molar refractivity (Wildman–Crippen MR) is 80.4 cm³/mol. The maximum Gasteiger partial charge on any atom is 0.130 e. The van der Waals surface area contributed by atoms with Crippen LogP contribution < -0.4 is 4.31 Å². The third-order valence-corrected chi connectivity index (χ3v) is 3.55. The van der Waals surface area contributed by atoms with Crippen LogP contribution in [0.25, 0.3) is 6.08 Å². The minimum atomic E-state index is -0.236. The van der Waals surface area contributed by atoms with Gasteiger partial charge in [0.05, 0.1) is 18.4 Å². The highest BCUT2D eigenvalue weighted by Crippen LogP contribution is 2.23. The Hall–Kier alpha value is -1.81. The molecule has 0 spiro atoms. The van der Waals surface area contributed by atoms with Crippen molar-refractivity contribution in [2.24, 2.45) is 0 Å². The topological polar surface area (TPSA) is 16.1 Å². The lowest BCUT2D eigenvalue weighted by molar-refractivity contribution is 0.623. The summed E-state index contributed by atoms with van der Waals surface area (Å²) in [5, 5.41) is 0. The van der Waals surface area contributed by atoms with Gasteiger partial charge in [-0.1, -0.05) is 36.7 Å². The molecule has 0 aliphatic rings. The molecule has 2 rings (SSSR count). The number of hydrogen-bond donors (Lipinski definition) is 0. The molecule has 1 heterocycles. The fourth-order valence-electron chi connectivity index (χ4n) is 1.76. The molecule has 19 heavy (non-hydrogen) atoms. The van der Waals surface area contributed by atoms with Crippen molar-refractivity contribution in [3.8, 4) is 0 Å². The zero-order valence-corrected chi connectivity index (χ0v) is 11.5. The monoisotopic (exact) mass is 274 g/mol. The van der Waals surface area contributed by atoms with Gasteiger partial charge in [0.1, 0.15) is 5.82 Å². The van der Waals surface area contributed by atoms with Crippen LogP contribution in [0.5, 0.6) is 0 Å². The van der Waals surface area contributed by atoms with Gasteiger partial charge in [0, 0.05) is 18.0 Å². The summed E-state index contributed by atoms with van der Waals surface area (Å²) in [5.74, 6) is -0.236. The van der Waals surface area contributed by atoms with E-state index in [4.69, 9.17) is 0 Å². The number of pyridine rings is 1. The fourth-order valence-corrected chi connectivity index (χ4v) is 2.36. The average Bonchev–Trinajstić information content (AvgIpc) is 2.46. The van der Waals surface area contributed by atoms with Crippen LogP contribution in [0.3, 0.4) is 0 Å². The highest BCUT2D eigenvalue weighted by molar-refractivity contribution is 7.99. The van der Waals surface area contributed by atoms with E-state index in [1.165, 1.54) is 6.08 Å². The molecule has 0 radical (unpaired) electrons. The van der Waals surface area contributed by atoms with Gasteiger partial charge in [-0.2, -0.15) is 0 Å². The summed E-state index contributed by atoms with van der Waals surface area (Å²) in [6.07, 6.45) is 7.04. The van der Waals surface area contributed by atoms with Gasteiger partial charge in [-0.15, -0.1) is 0 Å². The van der Waals surface area contributed by atoms with Crippen molar-refractivity contribution in [1.82, 2.24) is 4.98 Å². The van der Waals surface area contributed by atoms with Crippen molar-refractivity contribution in [1.29, 1.82) is 0 Å². The summed E-state index contributed by atoms with van der Waals surface area (Å²) >= 11 is 1.58. The smallest absolute Gasteiger partial charge is 0.130 e. The predicted octanol–water partition coefficient (Wildman–Crippen LogP) is 4.15. The molecule has 0 N–H and O–H groups in total. The van der Waals surface area contributed by atoms with Gasteiger partial charge in [0.25, 0.3) is 0 Å². The first-order chi connectivity index (χ1) is 9.24. The zero-order valence-electron chi connectivity index (χ0n) is 10.7. The van der Waals surface area contributed by atoms with Gasteiger partial charge < -0.3 is 4.31 Å². The Morgan fingerprint density at radius 3 is 2.84 bits per heavy atom. The molecule has 0 bridgehead atoms. The molecule has 2 aromatic rings. The van der Waals surface area contributed by atoms with Crippen LogP contribution in [0, 0.1) is 5.82 Å². The summed E-state index contributed by atoms with van der Waals surface area (Å²) in [5.41, 5.74) is 2.45. The third-order valence-electron chi connectivity index (χ3n) is 2.77. The second-order valence-corrected chi connectivity index (χ2v) is 4.80. The number of aromatic nitrogens is 1. The lowest BCUT2D eigenvalue weighted by Crippen LogP contribution is -2.13. The van der Waals surface area contributed by atoms with Gasteiger partial charge in [-0.05, 0) is 23.8 Å². The Balaban J connectivity index is 2.19. The summed E-state index contributed by atoms with van der Waals surface area (Å²) in [6.45, 7) is 4.21. The molecule has 1 aromatic heterocycles. The van der Waals surface area contributed by atoms with Crippen molar-refractivity contribution in [2.75, 3.05) is 10.6 Å². The number of halogens is 1. The maximum atomic E-state index is 13.7. The first-order valence-electron chi connectivity index (χ1n) is 5.87. The quantitative estimate of drug-likeness (QED) is 0.762. The van der Waals surface area contributed by atoms with Crippen LogP contribution in [0.1, 0.15) is 11.1 Å². The Kier molecular flexibility index (Phi) is 4.58. The minimum Gasteiger partial charge on any atom is -0.310 e. The standard InChI is InChI=1S/C15H15FN2S/c1-3-13-7-6-12(9-15(13)16)11-18(19-2)14-5-4-8-17-10-14/h3-10H,1,11H2,2H3. The van der Waals surface area contributed by atoms with Crippen LogP contribution in [-0.2, 0) is 6.54 Å². The number of hydrogen-bond acceptors (Lipinski definition) is 3. The van der Waals surface area contributed by atoms with Crippen molar-refractivity contribution >= 4 is 23.7 Å². The summed E-state index contributed by atoms with van der Waals surface area (Å²) < 4.78 is 15.8. The molecule has 0 amide bonds. The van der Waals surface area contributed by atoms with E-state index in [0.29, 0.717) is 12.1 Å². The van der Waals surface area contributed by atoms with Gasteiger partial charge in [-0.3, -0.25) is 4.98 Å². The van der Waals surface area contributed by atoms with Crippen molar-refractivity contribution in [2.45, 2.75) is 6.54 Å². The Labute approximate surface area is 117 Å². The lowest BCUT2D eigenvalue weighted by atomic mass is 10.1. The van der Waals surface area contributed by atoms with Gasteiger partial charge in [-0.25, -0.2) is 4.39 Å². The summed E-state index contributed by atoms with van der Waals surface area (Å²) in [7, 11) is 0. The van der Waals surface area contributed by atoms with Crippen LogP contribution in [0.4, 0.5) is 10.1 Å². The van der Waals surface area contributed by atoms with Crippen LogP contribution >= 0.6 is 11.9 Å². The van der Waals surface area contributed by atoms with E-state index in [0.717, 1.165) is 11.3 Å². The second-order valence-electron chi connectivity index (χ2n) is 3.99. The molecule has 0 aliphatic carbocycles. The summed E-state index contributed by atoms with van der Waals surface area (Å²) in [4.78, 5) is 4.10. The third kappa shape index (κ3) is 3.35. The van der Waals surface area contributed by atoms with Gasteiger partial charge in [0.2, 0.25) is 0 Å². The van der Waals surface area contributed by atoms with E-state index in [-0.39, 0.29) is 5.82 Å². The number of rotatable bonds is 5. The molecule has 0 unspecified atom stereocenters. The van der Waals surface area contributed by atoms with Gasteiger partial charge in [0.15, 0.2) is 0 Å². The molecule has 2 nitrogen and oxygen atoms in total. The van der Waals surface area contributed by atoms with Crippen LogP contribution in [0.15, 0.2) is 49.3 Å². The van der Waals surface area contributed by atoms with E-state index >= 15 is 0 Å². The van der Waals surface area contributed by atoms with E-state index in [1.54, 1.807) is 36.5 Å². The molecule has 98 valence electrons. The molecule has 0 fully saturated rings. The number of nitrogens with zero attached hydrogens (tertiary/aromatic N) is 2. The number of benzene rings is 1. The minimum absolute atomic E-state index is 0.236. The summed E-state index contributed by atoms with van der Waals surface area (Å²) in [6, 6.07) is 9.09. The van der Waals surface area contributed by atoms with Crippen molar-refractivity contribution < 1.29 is 4.39 Å². The number of anilines is 1. The van der Waals surface area contributed by atoms with Crippen LogP contribution in [0.2, 0.25) is 0 Å². The molecular weight excluding hydrogens is 259 g/mol. The molecule has 0 aliphatic heterocycles. The molecule has 0 atom stereocenters. The molecule has 0 saturated heterocycles. The Morgan fingerprint density at radius 2 is 2.26 bits per heavy atom. The molecular formula is C15H15FN2S. The Morgan fingerprint density at radius 1 is 1.42 bits per heavy atom. The average molecular weight is 274 g/mol. The van der Waals surface area contributed by atoms with Crippen LogP contribution in [-0.4, -0.2) is 11.2 Å². The van der Waals surface area contributed by atoms with E-state index in [9.17, 15) is 4.39 Å². The highest BCUT2D eigenvalue weighted by Gasteiger charge is 2.08. The Bertz CT molecular complexity index is 557. The highest BCUT2D eigenvalue weighted by atomic mass is 32.2. The maximum absolute atomic E-state index is 13.7. The second kappa shape index (κ2) is 6.38. The van der Waals surface area contributed by atoms with Crippen molar-refractivity contribution in [3.05, 3.63) is 66.2 Å². The van der Waals surface area contributed by atoms with E-state index in [2.05, 4.69) is 15.9 Å². The largest absolute Gasteiger partial charge is 0.310 e.